The fraction of sp³-hybridized carbons (Fsp3) is 0.0667. The predicted molar refractivity (Wildman–Crippen MR) is 66.8 cm³/mol. The van der Waals surface area contributed by atoms with Gasteiger partial charge in [-0.2, -0.15) is 0 Å². The van der Waals surface area contributed by atoms with Gasteiger partial charge in [0.25, 0.3) is 0 Å². The van der Waals surface area contributed by atoms with Gasteiger partial charge in [-0.05, 0) is 30.7 Å². The Morgan fingerprint density at radius 2 is 1.82 bits per heavy atom. The van der Waals surface area contributed by atoms with Crippen molar-refractivity contribution < 1.29 is 9.13 Å². The van der Waals surface area contributed by atoms with Crippen molar-refractivity contribution in [3.63, 3.8) is 0 Å². The maximum absolute atomic E-state index is 13.6. The van der Waals surface area contributed by atoms with Crippen LogP contribution in [0.5, 0.6) is 11.5 Å². The van der Waals surface area contributed by atoms with E-state index in [1.165, 1.54) is 6.07 Å². The summed E-state index contributed by atoms with van der Waals surface area (Å²) in [5.74, 6) is 0.970. The zero-order chi connectivity index (χ0) is 12.1. The molecule has 86 valence electrons. The van der Waals surface area contributed by atoms with Crippen molar-refractivity contribution in [1.29, 1.82) is 0 Å². The third-order valence-corrected chi connectivity index (χ3v) is 2.40. The van der Waals surface area contributed by atoms with Gasteiger partial charge in [0.1, 0.15) is 17.3 Å². The van der Waals surface area contributed by atoms with Gasteiger partial charge in [-0.3, -0.25) is 0 Å². The number of rotatable bonds is 4. The predicted octanol–water partition coefficient (Wildman–Crippen LogP) is 4.35. The van der Waals surface area contributed by atoms with Crippen LogP contribution in [0, 0.1) is 5.82 Å². The van der Waals surface area contributed by atoms with Gasteiger partial charge in [0.05, 0.1) is 0 Å². The standard InChI is InChI=1S/C15H13FO/c1-2-7-13-14(16)10-6-11-15(13)17-12-8-4-3-5-9-12/h2-6,8-11H,1,7H2. The fourth-order valence-electron chi connectivity index (χ4n) is 1.59. The first-order chi connectivity index (χ1) is 8.31. The third kappa shape index (κ3) is 2.72. The molecular formula is C15H13FO. The van der Waals surface area contributed by atoms with Gasteiger partial charge in [0.15, 0.2) is 0 Å². The summed E-state index contributed by atoms with van der Waals surface area (Å²) in [4.78, 5) is 0. The molecule has 0 N–H and O–H groups in total. The molecule has 0 amide bonds. The Morgan fingerprint density at radius 3 is 2.53 bits per heavy atom. The highest BCUT2D eigenvalue weighted by Gasteiger charge is 2.08. The second-order valence-corrected chi connectivity index (χ2v) is 3.62. The van der Waals surface area contributed by atoms with Crippen LogP contribution in [0.4, 0.5) is 4.39 Å². The van der Waals surface area contributed by atoms with E-state index >= 15 is 0 Å². The van der Waals surface area contributed by atoms with E-state index in [1.807, 2.05) is 30.3 Å². The van der Waals surface area contributed by atoms with E-state index < -0.39 is 0 Å². The van der Waals surface area contributed by atoms with Gasteiger partial charge >= 0.3 is 0 Å². The minimum atomic E-state index is -0.265. The smallest absolute Gasteiger partial charge is 0.133 e. The van der Waals surface area contributed by atoms with E-state index in [9.17, 15) is 4.39 Å². The number of hydrogen-bond acceptors (Lipinski definition) is 1. The summed E-state index contributed by atoms with van der Waals surface area (Å²) in [7, 11) is 0. The maximum Gasteiger partial charge on any atom is 0.133 e. The van der Waals surface area contributed by atoms with E-state index in [1.54, 1.807) is 18.2 Å². The molecule has 0 fully saturated rings. The SMILES string of the molecule is C=CCc1c(F)cccc1Oc1ccccc1. The molecule has 2 aromatic rings. The summed E-state index contributed by atoms with van der Waals surface area (Å²) in [6.45, 7) is 3.62. The van der Waals surface area contributed by atoms with Crippen molar-refractivity contribution in [2.45, 2.75) is 6.42 Å². The zero-order valence-corrected chi connectivity index (χ0v) is 9.40. The van der Waals surface area contributed by atoms with Crippen molar-refractivity contribution in [3.8, 4) is 11.5 Å². The second-order valence-electron chi connectivity index (χ2n) is 3.62. The molecule has 0 saturated carbocycles. The number of para-hydroxylation sites is 1. The molecule has 2 rings (SSSR count). The van der Waals surface area contributed by atoms with E-state index in [4.69, 9.17) is 4.74 Å². The Hall–Kier alpha value is -2.09. The molecule has 1 nitrogen and oxygen atoms in total. The van der Waals surface area contributed by atoms with Crippen LogP contribution in [0.25, 0.3) is 0 Å². The van der Waals surface area contributed by atoms with Crippen LogP contribution in [0.3, 0.4) is 0 Å². The van der Waals surface area contributed by atoms with Crippen molar-refractivity contribution in [2.75, 3.05) is 0 Å². The third-order valence-electron chi connectivity index (χ3n) is 2.40. The molecule has 2 heteroatoms. The van der Waals surface area contributed by atoms with Gasteiger partial charge in [0, 0.05) is 5.56 Å². The van der Waals surface area contributed by atoms with E-state index in [0.29, 0.717) is 23.5 Å². The lowest BCUT2D eigenvalue weighted by molar-refractivity contribution is 0.469. The minimum absolute atomic E-state index is 0.265. The van der Waals surface area contributed by atoms with Crippen molar-refractivity contribution in [2.24, 2.45) is 0 Å². The van der Waals surface area contributed by atoms with Crippen molar-refractivity contribution >= 4 is 0 Å². The first kappa shape index (κ1) is 11.4. The number of halogens is 1. The summed E-state index contributed by atoms with van der Waals surface area (Å²) in [6, 6.07) is 14.2. The van der Waals surface area contributed by atoms with Gasteiger partial charge < -0.3 is 4.74 Å². The topological polar surface area (TPSA) is 9.23 Å². The van der Waals surface area contributed by atoms with Crippen LogP contribution in [-0.2, 0) is 6.42 Å². The zero-order valence-electron chi connectivity index (χ0n) is 9.40. The molecule has 0 spiro atoms. The molecule has 0 bridgehead atoms. The van der Waals surface area contributed by atoms with Crippen LogP contribution in [0.1, 0.15) is 5.56 Å². The average molecular weight is 228 g/mol. The van der Waals surface area contributed by atoms with Crippen LogP contribution < -0.4 is 4.74 Å². The summed E-state index contributed by atoms with van der Waals surface area (Å²) < 4.78 is 19.3. The first-order valence-electron chi connectivity index (χ1n) is 5.42. The Balaban J connectivity index is 2.32. The monoisotopic (exact) mass is 228 g/mol. The lowest BCUT2D eigenvalue weighted by Crippen LogP contribution is -1.94. The maximum atomic E-state index is 13.6. The normalized spacial score (nSPS) is 9.94. The molecular weight excluding hydrogens is 215 g/mol. The van der Waals surface area contributed by atoms with E-state index in [-0.39, 0.29) is 5.82 Å². The lowest BCUT2D eigenvalue weighted by atomic mass is 10.1. The largest absolute Gasteiger partial charge is 0.457 e. The van der Waals surface area contributed by atoms with Gasteiger partial charge in [-0.25, -0.2) is 4.39 Å². The highest BCUT2D eigenvalue weighted by molar-refractivity contribution is 5.39. The number of hydrogen-bond donors (Lipinski definition) is 0. The lowest BCUT2D eigenvalue weighted by Gasteiger charge is -2.10. The highest BCUT2D eigenvalue weighted by atomic mass is 19.1. The molecule has 0 heterocycles. The number of allylic oxidation sites excluding steroid dienone is 1. The van der Waals surface area contributed by atoms with Gasteiger partial charge in [-0.15, -0.1) is 6.58 Å². The Morgan fingerprint density at radius 1 is 1.06 bits per heavy atom. The average Bonchev–Trinajstić information content (AvgIpc) is 2.35. The fourth-order valence-corrected chi connectivity index (χ4v) is 1.59. The van der Waals surface area contributed by atoms with Gasteiger partial charge in [-0.1, -0.05) is 30.3 Å². The number of ether oxygens (including phenoxy) is 1. The van der Waals surface area contributed by atoms with Crippen LogP contribution >= 0.6 is 0 Å². The molecule has 0 aliphatic rings. The Bertz CT molecular complexity index is 506. The first-order valence-corrected chi connectivity index (χ1v) is 5.42. The van der Waals surface area contributed by atoms with E-state index in [0.717, 1.165) is 0 Å². The Labute approximate surface area is 100 Å². The van der Waals surface area contributed by atoms with Crippen LogP contribution in [0.2, 0.25) is 0 Å². The summed E-state index contributed by atoms with van der Waals surface area (Å²) in [5, 5.41) is 0. The molecule has 17 heavy (non-hydrogen) atoms. The van der Waals surface area contributed by atoms with Crippen LogP contribution in [0.15, 0.2) is 61.2 Å². The summed E-state index contributed by atoms with van der Waals surface area (Å²) in [6.07, 6.45) is 2.12. The van der Waals surface area contributed by atoms with E-state index in [2.05, 4.69) is 6.58 Å². The second kappa shape index (κ2) is 5.30. The van der Waals surface area contributed by atoms with Gasteiger partial charge in [0.2, 0.25) is 0 Å². The van der Waals surface area contributed by atoms with Crippen LogP contribution in [-0.4, -0.2) is 0 Å². The Kier molecular flexibility index (Phi) is 3.55. The summed E-state index contributed by atoms with van der Waals surface area (Å²) >= 11 is 0. The summed E-state index contributed by atoms with van der Waals surface area (Å²) in [5.41, 5.74) is 0.534. The highest BCUT2D eigenvalue weighted by Crippen LogP contribution is 2.27. The molecule has 0 unspecified atom stereocenters. The minimum Gasteiger partial charge on any atom is -0.457 e. The molecule has 2 aromatic carbocycles. The quantitative estimate of drug-likeness (QED) is 0.707. The molecule has 0 radical (unpaired) electrons. The van der Waals surface area contributed by atoms with Crippen molar-refractivity contribution in [3.05, 3.63) is 72.6 Å². The molecule has 0 atom stereocenters. The molecule has 0 aromatic heterocycles. The number of benzene rings is 2. The molecule has 0 saturated heterocycles. The molecule has 0 aliphatic heterocycles. The van der Waals surface area contributed by atoms with Crippen molar-refractivity contribution in [1.82, 2.24) is 0 Å². The molecule has 0 aliphatic carbocycles.